The first-order valence-corrected chi connectivity index (χ1v) is 7.45. The summed E-state index contributed by atoms with van der Waals surface area (Å²) in [6, 6.07) is 5.06. The highest BCUT2D eigenvalue weighted by atomic mass is 32.2. The molecule has 0 fully saturated rings. The SMILES string of the molecule is O=S(=O)(CCC(F)(F)F)Nc1ccccc1/C=C/C(F)(F)F. The number of sulfonamides is 1. The van der Waals surface area contributed by atoms with Crippen LogP contribution >= 0.6 is 0 Å². The first kappa shape index (κ1) is 18.3. The zero-order chi connectivity index (χ0) is 17.0. The van der Waals surface area contributed by atoms with Crippen molar-refractivity contribution in [2.75, 3.05) is 10.5 Å². The molecule has 0 aromatic heterocycles. The molecule has 0 radical (unpaired) electrons. The van der Waals surface area contributed by atoms with Gasteiger partial charge in [0.15, 0.2) is 0 Å². The van der Waals surface area contributed by atoms with Crippen LogP contribution < -0.4 is 4.72 Å². The third-order valence-corrected chi connectivity index (χ3v) is 3.60. The van der Waals surface area contributed by atoms with Crippen molar-refractivity contribution in [2.24, 2.45) is 0 Å². The minimum absolute atomic E-state index is 0.101. The molecule has 3 nitrogen and oxygen atoms in total. The van der Waals surface area contributed by atoms with Crippen molar-refractivity contribution in [3.8, 4) is 0 Å². The first-order valence-electron chi connectivity index (χ1n) is 5.80. The number of benzene rings is 1. The lowest BCUT2D eigenvalue weighted by molar-refractivity contribution is -0.129. The molecule has 0 amide bonds. The number of allylic oxidation sites excluding steroid dienone is 1. The maximum atomic E-state index is 12.1. The van der Waals surface area contributed by atoms with Gasteiger partial charge in [0.05, 0.1) is 17.9 Å². The molecule has 0 bridgehead atoms. The van der Waals surface area contributed by atoms with Crippen LogP contribution in [-0.2, 0) is 10.0 Å². The third-order valence-electron chi connectivity index (χ3n) is 2.33. The van der Waals surface area contributed by atoms with Crippen molar-refractivity contribution >= 4 is 21.8 Å². The predicted octanol–water partition coefficient (Wildman–Crippen LogP) is 3.96. The maximum absolute atomic E-state index is 12.1. The molecule has 0 atom stereocenters. The highest BCUT2D eigenvalue weighted by molar-refractivity contribution is 7.92. The van der Waals surface area contributed by atoms with Gasteiger partial charge in [0.1, 0.15) is 0 Å². The van der Waals surface area contributed by atoms with Gasteiger partial charge in [0, 0.05) is 6.08 Å². The molecule has 0 saturated carbocycles. The summed E-state index contributed by atoms with van der Waals surface area (Å²) in [6.45, 7) is 0. The molecule has 0 aliphatic carbocycles. The molecule has 10 heteroatoms. The topological polar surface area (TPSA) is 46.2 Å². The molecule has 0 aliphatic heterocycles. The fraction of sp³-hybridized carbons (Fsp3) is 0.333. The number of nitrogens with one attached hydrogen (secondary N) is 1. The summed E-state index contributed by atoms with van der Waals surface area (Å²) in [5.74, 6) is -1.21. The van der Waals surface area contributed by atoms with E-state index in [0.717, 1.165) is 6.07 Å². The van der Waals surface area contributed by atoms with Gasteiger partial charge in [-0.05, 0) is 17.7 Å². The lowest BCUT2D eigenvalue weighted by Gasteiger charge is -2.12. The number of alkyl halides is 6. The Kier molecular flexibility index (Phi) is 5.49. The summed E-state index contributed by atoms with van der Waals surface area (Å²) in [5, 5.41) is 0. The molecule has 0 saturated heterocycles. The summed E-state index contributed by atoms with van der Waals surface area (Å²) < 4.78 is 97.4. The Hall–Kier alpha value is -1.71. The number of rotatable bonds is 5. The summed E-state index contributed by atoms with van der Waals surface area (Å²) in [4.78, 5) is 0. The monoisotopic (exact) mass is 347 g/mol. The molecule has 1 aromatic carbocycles. The van der Waals surface area contributed by atoms with Crippen LogP contribution in [0.5, 0.6) is 0 Å². The normalized spacial score (nSPS) is 13.5. The molecule has 1 rings (SSSR count). The minimum atomic E-state index is -4.65. The van der Waals surface area contributed by atoms with Crippen molar-refractivity contribution in [2.45, 2.75) is 18.8 Å². The van der Waals surface area contributed by atoms with E-state index < -0.39 is 34.5 Å². The van der Waals surface area contributed by atoms with E-state index in [1.165, 1.54) is 18.2 Å². The van der Waals surface area contributed by atoms with E-state index >= 15 is 0 Å². The van der Waals surface area contributed by atoms with E-state index in [1.54, 1.807) is 0 Å². The average Bonchev–Trinajstić information content (AvgIpc) is 2.33. The molecular weight excluding hydrogens is 336 g/mol. The van der Waals surface area contributed by atoms with Crippen LogP contribution in [0, 0.1) is 0 Å². The molecule has 124 valence electrons. The van der Waals surface area contributed by atoms with Gasteiger partial charge in [-0.2, -0.15) is 26.3 Å². The number of halogens is 6. The lowest BCUT2D eigenvalue weighted by Crippen LogP contribution is -2.22. The molecule has 1 N–H and O–H groups in total. The largest absolute Gasteiger partial charge is 0.409 e. The van der Waals surface area contributed by atoms with Crippen LogP contribution in [0.1, 0.15) is 12.0 Å². The minimum Gasteiger partial charge on any atom is -0.283 e. The highest BCUT2D eigenvalue weighted by Gasteiger charge is 2.30. The maximum Gasteiger partial charge on any atom is 0.409 e. The second kappa shape index (κ2) is 6.59. The van der Waals surface area contributed by atoms with Crippen molar-refractivity contribution < 1.29 is 34.8 Å². The molecule has 22 heavy (non-hydrogen) atoms. The quantitative estimate of drug-likeness (QED) is 0.820. The zero-order valence-corrected chi connectivity index (χ0v) is 11.7. The first-order chi connectivity index (χ1) is 9.88. The zero-order valence-electron chi connectivity index (χ0n) is 10.9. The van der Waals surface area contributed by atoms with Crippen LogP contribution in [0.15, 0.2) is 30.3 Å². The van der Waals surface area contributed by atoms with E-state index in [2.05, 4.69) is 0 Å². The summed E-state index contributed by atoms with van der Waals surface area (Å²) in [7, 11) is -4.33. The van der Waals surface area contributed by atoms with Gasteiger partial charge in [-0.1, -0.05) is 18.2 Å². The number of hydrogen-bond donors (Lipinski definition) is 1. The average molecular weight is 347 g/mol. The molecule has 0 aliphatic rings. The number of para-hydroxylation sites is 1. The summed E-state index contributed by atoms with van der Waals surface area (Å²) in [6.07, 6.45) is -10.3. The van der Waals surface area contributed by atoms with Gasteiger partial charge in [-0.15, -0.1) is 0 Å². The van der Waals surface area contributed by atoms with E-state index in [-0.39, 0.29) is 17.3 Å². The second-order valence-electron chi connectivity index (χ2n) is 4.25. The Labute approximate surface area is 122 Å². The smallest absolute Gasteiger partial charge is 0.283 e. The Morgan fingerprint density at radius 3 is 2.18 bits per heavy atom. The number of anilines is 1. The molecular formula is C12H11F6NO2S. The van der Waals surface area contributed by atoms with Crippen LogP contribution in [0.3, 0.4) is 0 Å². The predicted molar refractivity (Wildman–Crippen MR) is 69.6 cm³/mol. The summed E-state index contributed by atoms with van der Waals surface area (Å²) in [5.41, 5.74) is -0.347. The van der Waals surface area contributed by atoms with E-state index in [4.69, 9.17) is 0 Å². The fourth-order valence-electron chi connectivity index (χ4n) is 1.39. The molecule has 0 heterocycles. The Morgan fingerprint density at radius 1 is 1.05 bits per heavy atom. The van der Waals surface area contributed by atoms with Gasteiger partial charge in [0.25, 0.3) is 0 Å². The highest BCUT2D eigenvalue weighted by Crippen LogP contribution is 2.24. The van der Waals surface area contributed by atoms with E-state index in [0.29, 0.717) is 6.08 Å². The molecule has 1 aromatic rings. The van der Waals surface area contributed by atoms with E-state index in [9.17, 15) is 34.8 Å². The second-order valence-corrected chi connectivity index (χ2v) is 6.09. The van der Waals surface area contributed by atoms with Crippen LogP contribution in [0.4, 0.5) is 32.0 Å². The van der Waals surface area contributed by atoms with E-state index in [1.807, 2.05) is 4.72 Å². The van der Waals surface area contributed by atoms with Crippen molar-refractivity contribution in [3.05, 3.63) is 35.9 Å². The Balaban J connectivity index is 2.92. The van der Waals surface area contributed by atoms with Crippen molar-refractivity contribution in [1.82, 2.24) is 0 Å². The fourth-order valence-corrected chi connectivity index (χ4v) is 2.51. The standard InChI is InChI=1S/C12H11F6NO2S/c13-11(14,15)6-5-9-3-1-2-4-10(9)19-22(20,21)8-7-12(16,17)18/h1-6,19H,7-8H2/b6-5+. The van der Waals surface area contributed by atoms with Gasteiger partial charge in [-0.3, -0.25) is 4.72 Å². The summed E-state index contributed by atoms with van der Waals surface area (Å²) >= 11 is 0. The Bertz CT molecular complexity index is 634. The molecule has 0 unspecified atom stereocenters. The lowest BCUT2D eigenvalue weighted by atomic mass is 10.1. The third kappa shape index (κ3) is 7.34. The van der Waals surface area contributed by atoms with Crippen LogP contribution in [-0.4, -0.2) is 26.5 Å². The number of hydrogen-bond acceptors (Lipinski definition) is 2. The molecule has 0 spiro atoms. The van der Waals surface area contributed by atoms with Crippen LogP contribution in [0.25, 0.3) is 6.08 Å². The van der Waals surface area contributed by atoms with Gasteiger partial charge < -0.3 is 0 Å². The Morgan fingerprint density at radius 2 is 1.64 bits per heavy atom. The van der Waals surface area contributed by atoms with Crippen LogP contribution in [0.2, 0.25) is 0 Å². The van der Waals surface area contributed by atoms with Crippen molar-refractivity contribution in [1.29, 1.82) is 0 Å². The van der Waals surface area contributed by atoms with Gasteiger partial charge in [-0.25, -0.2) is 8.42 Å². The van der Waals surface area contributed by atoms with Gasteiger partial charge in [0.2, 0.25) is 10.0 Å². The van der Waals surface area contributed by atoms with Crippen molar-refractivity contribution in [3.63, 3.8) is 0 Å². The van der Waals surface area contributed by atoms with Gasteiger partial charge >= 0.3 is 12.4 Å².